The zero-order valence-electron chi connectivity index (χ0n) is 13.2. The van der Waals surface area contributed by atoms with Gasteiger partial charge in [-0.25, -0.2) is 0 Å². The van der Waals surface area contributed by atoms with Crippen LogP contribution in [0.4, 0.5) is 0 Å². The van der Waals surface area contributed by atoms with Gasteiger partial charge in [-0.05, 0) is 57.0 Å². The Bertz CT molecular complexity index is 254. The van der Waals surface area contributed by atoms with Gasteiger partial charge in [-0.15, -0.1) is 0 Å². The van der Waals surface area contributed by atoms with Gasteiger partial charge < -0.3 is 5.73 Å². The van der Waals surface area contributed by atoms with Gasteiger partial charge >= 0.3 is 0 Å². The number of piperidine rings is 1. The van der Waals surface area contributed by atoms with Crippen LogP contribution >= 0.6 is 0 Å². The summed E-state index contributed by atoms with van der Waals surface area (Å²) in [5.41, 5.74) is 7.18. The molecule has 1 heterocycles. The van der Waals surface area contributed by atoms with Crippen molar-refractivity contribution in [3.05, 3.63) is 0 Å². The quantitative estimate of drug-likeness (QED) is 0.816. The summed E-state index contributed by atoms with van der Waals surface area (Å²) in [6.07, 6.45) is 14.0. The minimum Gasteiger partial charge on any atom is -0.329 e. The highest BCUT2D eigenvalue weighted by molar-refractivity contribution is 4.96. The van der Waals surface area contributed by atoms with Gasteiger partial charge in [0.25, 0.3) is 0 Å². The summed E-state index contributed by atoms with van der Waals surface area (Å²) in [6, 6.07) is 0. The number of rotatable bonds is 5. The van der Waals surface area contributed by atoms with Gasteiger partial charge in [0.05, 0.1) is 0 Å². The van der Waals surface area contributed by atoms with Crippen LogP contribution in [-0.2, 0) is 0 Å². The van der Waals surface area contributed by atoms with E-state index in [0.717, 1.165) is 12.0 Å². The van der Waals surface area contributed by atoms with E-state index in [-0.39, 0.29) is 0 Å². The van der Waals surface area contributed by atoms with Crippen molar-refractivity contribution in [1.29, 1.82) is 0 Å². The van der Waals surface area contributed by atoms with Crippen molar-refractivity contribution < 1.29 is 0 Å². The highest BCUT2D eigenvalue weighted by atomic mass is 15.2. The molecule has 112 valence electrons. The van der Waals surface area contributed by atoms with Crippen molar-refractivity contribution in [2.24, 2.45) is 11.1 Å². The van der Waals surface area contributed by atoms with Gasteiger partial charge in [-0.1, -0.05) is 39.5 Å². The van der Waals surface area contributed by atoms with E-state index in [0.29, 0.717) is 5.54 Å². The smallest absolute Gasteiger partial charge is 0.0329 e. The summed E-state index contributed by atoms with van der Waals surface area (Å²) in [5, 5.41) is 0. The summed E-state index contributed by atoms with van der Waals surface area (Å²) in [4.78, 5) is 2.75. The first-order valence-corrected chi connectivity index (χ1v) is 8.65. The zero-order valence-corrected chi connectivity index (χ0v) is 13.2. The third-order valence-electron chi connectivity index (χ3n) is 6.16. The molecule has 1 saturated carbocycles. The third-order valence-corrected chi connectivity index (χ3v) is 6.16. The van der Waals surface area contributed by atoms with Gasteiger partial charge in [-0.2, -0.15) is 0 Å². The molecule has 1 saturated heterocycles. The lowest BCUT2D eigenvalue weighted by Crippen LogP contribution is -2.57. The molecule has 0 radical (unpaired) electrons. The molecule has 1 aliphatic heterocycles. The average molecular weight is 266 g/mol. The van der Waals surface area contributed by atoms with Crippen molar-refractivity contribution in [1.82, 2.24) is 4.90 Å². The van der Waals surface area contributed by atoms with E-state index >= 15 is 0 Å². The molecule has 2 heteroatoms. The summed E-state index contributed by atoms with van der Waals surface area (Å²) >= 11 is 0. The van der Waals surface area contributed by atoms with E-state index in [1.54, 1.807) is 0 Å². The van der Waals surface area contributed by atoms with Gasteiger partial charge in [0.1, 0.15) is 0 Å². The van der Waals surface area contributed by atoms with Crippen molar-refractivity contribution in [3.8, 4) is 0 Å². The van der Waals surface area contributed by atoms with Crippen LogP contribution in [0.2, 0.25) is 0 Å². The monoisotopic (exact) mass is 266 g/mol. The lowest BCUT2D eigenvalue weighted by atomic mass is 9.67. The molecule has 1 unspecified atom stereocenters. The fraction of sp³-hybridized carbons (Fsp3) is 1.00. The molecule has 2 N–H and O–H groups in total. The molecule has 2 fully saturated rings. The van der Waals surface area contributed by atoms with Crippen LogP contribution in [0, 0.1) is 5.41 Å². The summed E-state index contributed by atoms with van der Waals surface area (Å²) in [7, 11) is 0. The molecule has 0 aromatic carbocycles. The summed E-state index contributed by atoms with van der Waals surface area (Å²) in [5.74, 6) is 0. The zero-order chi connectivity index (χ0) is 13.8. The van der Waals surface area contributed by atoms with Gasteiger partial charge in [0.2, 0.25) is 0 Å². The fourth-order valence-corrected chi connectivity index (χ4v) is 4.66. The van der Waals surface area contributed by atoms with Crippen molar-refractivity contribution >= 4 is 0 Å². The summed E-state index contributed by atoms with van der Waals surface area (Å²) < 4.78 is 0. The Morgan fingerprint density at radius 3 is 2.11 bits per heavy atom. The second-order valence-electron chi connectivity index (χ2n) is 7.08. The topological polar surface area (TPSA) is 29.3 Å². The van der Waals surface area contributed by atoms with E-state index in [4.69, 9.17) is 5.73 Å². The van der Waals surface area contributed by atoms with Crippen LogP contribution < -0.4 is 5.73 Å². The Balaban J connectivity index is 1.97. The first kappa shape index (κ1) is 15.3. The largest absolute Gasteiger partial charge is 0.329 e. The van der Waals surface area contributed by atoms with Crippen molar-refractivity contribution in [3.63, 3.8) is 0 Å². The Labute approximate surface area is 120 Å². The molecule has 0 bridgehead atoms. The molecular formula is C17H34N2. The van der Waals surface area contributed by atoms with Crippen molar-refractivity contribution in [2.75, 3.05) is 19.6 Å². The van der Waals surface area contributed by atoms with E-state index in [9.17, 15) is 0 Å². The minimum atomic E-state index is 0.297. The van der Waals surface area contributed by atoms with Gasteiger partial charge in [0.15, 0.2) is 0 Å². The molecule has 0 amide bonds. The van der Waals surface area contributed by atoms with E-state index in [1.807, 2.05) is 0 Å². The number of nitrogens with two attached hydrogens (primary N) is 1. The van der Waals surface area contributed by atoms with E-state index in [1.165, 1.54) is 77.3 Å². The SMILES string of the molecule is CCCC(CC)(CN)N1CCC2(CCCCC2)CC1. The number of hydrogen-bond donors (Lipinski definition) is 1. The molecule has 0 aromatic heterocycles. The maximum absolute atomic E-state index is 6.16. The van der Waals surface area contributed by atoms with Gasteiger partial charge in [0, 0.05) is 12.1 Å². The molecule has 1 aliphatic carbocycles. The number of likely N-dealkylation sites (tertiary alicyclic amines) is 1. The van der Waals surface area contributed by atoms with Gasteiger partial charge in [-0.3, -0.25) is 4.90 Å². The highest BCUT2D eigenvalue weighted by Crippen LogP contribution is 2.46. The van der Waals surface area contributed by atoms with E-state index in [2.05, 4.69) is 18.7 Å². The Morgan fingerprint density at radius 1 is 1.00 bits per heavy atom. The van der Waals surface area contributed by atoms with E-state index < -0.39 is 0 Å². The van der Waals surface area contributed by atoms with Crippen LogP contribution in [0.5, 0.6) is 0 Å². The molecule has 0 aromatic rings. The maximum Gasteiger partial charge on any atom is 0.0329 e. The molecule has 1 spiro atoms. The van der Waals surface area contributed by atoms with Crippen LogP contribution in [0.15, 0.2) is 0 Å². The minimum absolute atomic E-state index is 0.297. The molecule has 2 aliphatic rings. The van der Waals surface area contributed by atoms with Crippen molar-refractivity contribution in [2.45, 2.75) is 83.6 Å². The first-order chi connectivity index (χ1) is 9.20. The summed E-state index contributed by atoms with van der Waals surface area (Å²) in [6.45, 7) is 8.06. The Hall–Kier alpha value is -0.0800. The molecular weight excluding hydrogens is 232 g/mol. The molecule has 2 nitrogen and oxygen atoms in total. The molecule has 19 heavy (non-hydrogen) atoms. The van der Waals surface area contributed by atoms with Crippen LogP contribution in [-0.4, -0.2) is 30.1 Å². The standard InChI is InChI=1S/C17H34N2/c1-3-8-17(4-2,15-18)19-13-11-16(12-14-19)9-6-5-7-10-16/h3-15,18H2,1-2H3. The molecule has 2 rings (SSSR count). The fourth-order valence-electron chi connectivity index (χ4n) is 4.66. The average Bonchev–Trinajstić information content (AvgIpc) is 2.47. The number of nitrogens with zero attached hydrogens (tertiary/aromatic N) is 1. The predicted octanol–water partition coefficient (Wildman–Crippen LogP) is 3.94. The Kier molecular flexibility index (Phi) is 5.30. The predicted molar refractivity (Wildman–Crippen MR) is 83.3 cm³/mol. The normalized spacial score (nSPS) is 27.3. The first-order valence-electron chi connectivity index (χ1n) is 8.65. The van der Waals surface area contributed by atoms with Crippen LogP contribution in [0.25, 0.3) is 0 Å². The highest BCUT2D eigenvalue weighted by Gasteiger charge is 2.41. The lowest BCUT2D eigenvalue weighted by molar-refractivity contribution is -0.00251. The number of hydrogen-bond acceptors (Lipinski definition) is 2. The van der Waals surface area contributed by atoms with Crippen LogP contribution in [0.3, 0.4) is 0 Å². The third kappa shape index (κ3) is 3.16. The Morgan fingerprint density at radius 2 is 1.63 bits per heavy atom. The molecule has 1 atom stereocenters. The maximum atomic E-state index is 6.16. The van der Waals surface area contributed by atoms with Crippen LogP contribution in [0.1, 0.15) is 78.1 Å². The lowest BCUT2D eigenvalue weighted by Gasteiger charge is -2.51. The second kappa shape index (κ2) is 6.58. The second-order valence-corrected chi connectivity index (χ2v) is 7.08.